The standard InChI is InChI=1S/C21H18ClNO2S2/c22-20-9-5-4-8-19(20)21-23(14-15-26-21)27(24,25)18-12-10-17(11-13-18)16-6-2-1-3-7-16/h1-13,21H,14-15H2/t21-/m1/s1. The van der Waals surface area contributed by atoms with E-state index in [9.17, 15) is 8.42 Å². The lowest BCUT2D eigenvalue weighted by Crippen LogP contribution is -2.30. The van der Waals surface area contributed by atoms with Crippen molar-refractivity contribution in [1.82, 2.24) is 4.31 Å². The number of halogens is 1. The van der Waals surface area contributed by atoms with E-state index in [-0.39, 0.29) is 5.37 Å². The number of hydrogen-bond acceptors (Lipinski definition) is 3. The van der Waals surface area contributed by atoms with E-state index >= 15 is 0 Å². The fourth-order valence-corrected chi connectivity index (χ4v) is 6.78. The molecular weight excluding hydrogens is 398 g/mol. The molecule has 1 fully saturated rings. The van der Waals surface area contributed by atoms with Crippen molar-refractivity contribution in [3.05, 3.63) is 89.4 Å². The molecule has 138 valence electrons. The lowest BCUT2D eigenvalue weighted by Gasteiger charge is -2.24. The molecule has 0 saturated carbocycles. The van der Waals surface area contributed by atoms with Crippen LogP contribution in [0.5, 0.6) is 0 Å². The molecule has 1 aliphatic rings. The first-order valence-electron chi connectivity index (χ1n) is 8.61. The first kappa shape index (κ1) is 18.6. The molecule has 6 heteroatoms. The van der Waals surface area contributed by atoms with Gasteiger partial charge in [0, 0.05) is 17.3 Å². The Hall–Kier alpha value is -1.79. The minimum absolute atomic E-state index is 0.294. The molecule has 3 nitrogen and oxygen atoms in total. The predicted molar refractivity (Wildman–Crippen MR) is 112 cm³/mol. The normalized spacial score (nSPS) is 17.9. The second kappa shape index (κ2) is 7.68. The van der Waals surface area contributed by atoms with E-state index in [1.165, 1.54) is 0 Å². The zero-order valence-corrected chi connectivity index (χ0v) is 16.8. The predicted octanol–water partition coefficient (Wildman–Crippen LogP) is 5.44. The van der Waals surface area contributed by atoms with Gasteiger partial charge in [0.15, 0.2) is 0 Å². The van der Waals surface area contributed by atoms with Crippen molar-refractivity contribution in [3.8, 4) is 11.1 Å². The van der Waals surface area contributed by atoms with Crippen LogP contribution in [0, 0.1) is 0 Å². The van der Waals surface area contributed by atoms with Crippen LogP contribution in [0.4, 0.5) is 0 Å². The fourth-order valence-electron chi connectivity index (χ4n) is 3.21. The highest BCUT2D eigenvalue weighted by Crippen LogP contribution is 2.43. The van der Waals surface area contributed by atoms with Crippen molar-refractivity contribution >= 4 is 33.4 Å². The third-order valence-electron chi connectivity index (χ3n) is 4.59. The Balaban J connectivity index is 1.65. The molecule has 4 rings (SSSR count). The Bertz CT molecular complexity index is 1040. The summed E-state index contributed by atoms with van der Waals surface area (Å²) < 4.78 is 28.0. The summed E-state index contributed by atoms with van der Waals surface area (Å²) in [7, 11) is -3.60. The Labute approximate surface area is 169 Å². The number of rotatable bonds is 4. The van der Waals surface area contributed by atoms with Crippen molar-refractivity contribution in [2.45, 2.75) is 10.3 Å². The zero-order valence-electron chi connectivity index (χ0n) is 14.5. The molecule has 1 atom stereocenters. The molecule has 1 saturated heterocycles. The molecule has 3 aromatic rings. The smallest absolute Gasteiger partial charge is 0.207 e. The number of sulfonamides is 1. The third kappa shape index (κ3) is 3.65. The highest BCUT2D eigenvalue weighted by atomic mass is 35.5. The van der Waals surface area contributed by atoms with E-state index in [0.717, 1.165) is 22.4 Å². The largest absolute Gasteiger partial charge is 0.244 e. The van der Waals surface area contributed by atoms with Crippen molar-refractivity contribution in [2.75, 3.05) is 12.3 Å². The van der Waals surface area contributed by atoms with Crippen LogP contribution in [0.15, 0.2) is 83.8 Å². The molecule has 27 heavy (non-hydrogen) atoms. The second-order valence-electron chi connectivity index (χ2n) is 6.25. The lowest BCUT2D eigenvalue weighted by atomic mass is 10.1. The molecule has 0 unspecified atom stereocenters. The van der Waals surface area contributed by atoms with Gasteiger partial charge in [-0.1, -0.05) is 72.3 Å². The fraction of sp³-hybridized carbons (Fsp3) is 0.143. The Kier molecular flexibility index (Phi) is 5.28. The SMILES string of the molecule is O=S(=O)(c1ccc(-c2ccccc2)cc1)N1CCS[C@@H]1c1ccccc1Cl. The van der Waals surface area contributed by atoms with Crippen LogP contribution in [0.25, 0.3) is 11.1 Å². The third-order valence-corrected chi connectivity index (χ3v) is 8.19. The average molecular weight is 416 g/mol. The van der Waals surface area contributed by atoms with Gasteiger partial charge in [-0.3, -0.25) is 0 Å². The maximum atomic E-state index is 13.2. The molecule has 1 heterocycles. The van der Waals surface area contributed by atoms with E-state index in [2.05, 4.69) is 0 Å². The van der Waals surface area contributed by atoms with E-state index in [0.29, 0.717) is 16.5 Å². The summed E-state index contributed by atoms with van der Waals surface area (Å²) in [5.41, 5.74) is 2.89. The van der Waals surface area contributed by atoms with Crippen molar-refractivity contribution < 1.29 is 8.42 Å². The van der Waals surface area contributed by atoms with Crippen LogP contribution in [-0.4, -0.2) is 25.0 Å². The minimum atomic E-state index is -3.60. The monoisotopic (exact) mass is 415 g/mol. The highest BCUT2D eigenvalue weighted by Gasteiger charge is 2.37. The quantitative estimate of drug-likeness (QED) is 0.569. The van der Waals surface area contributed by atoms with E-state index in [1.54, 1.807) is 34.3 Å². The first-order chi connectivity index (χ1) is 13.1. The summed E-state index contributed by atoms with van der Waals surface area (Å²) in [6.45, 7) is 0.476. The van der Waals surface area contributed by atoms with Gasteiger partial charge in [0.25, 0.3) is 0 Å². The molecule has 0 radical (unpaired) electrons. The van der Waals surface area contributed by atoms with Gasteiger partial charge in [-0.15, -0.1) is 11.8 Å². The average Bonchev–Trinajstić information content (AvgIpc) is 3.20. The van der Waals surface area contributed by atoms with Gasteiger partial charge in [0.05, 0.1) is 10.3 Å². The number of hydrogen-bond donors (Lipinski definition) is 0. The van der Waals surface area contributed by atoms with Gasteiger partial charge in [-0.25, -0.2) is 8.42 Å². The zero-order chi connectivity index (χ0) is 18.9. The van der Waals surface area contributed by atoms with Gasteiger partial charge in [-0.2, -0.15) is 4.31 Å². The molecule has 3 aromatic carbocycles. The van der Waals surface area contributed by atoms with Crippen LogP contribution in [0.2, 0.25) is 5.02 Å². The summed E-state index contributed by atoms with van der Waals surface area (Å²) in [5, 5.41) is 0.300. The summed E-state index contributed by atoms with van der Waals surface area (Å²) >= 11 is 7.92. The minimum Gasteiger partial charge on any atom is -0.207 e. The van der Waals surface area contributed by atoms with Crippen LogP contribution in [0.1, 0.15) is 10.9 Å². The molecule has 0 amide bonds. The molecule has 0 spiro atoms. The van der Waals surface area contributed by atoms with Gasteiger partial charge in [-0.05, 0) is 34.9 Å². The maximum absolute atomic E-state index is 13.2. The van der Waals surface area contributed by atoms with E-state index in [4.69, 9.17) is 11.6 Å². The van der Waals surface area contributed by atoms with Crippen LogP contribution < -0.4 is 0 Å². The molecular formula is C21H18ClNO2S2. The Morgan fingerprint density at radius 3 is 2.19 bits per heavy atom. The summed E-state index contributed by atoms with van der Waals surface area (Å²) in [4.78, 5) is 0.307. The molecule has 0 bridgehead atoms. The van der Waals surface area contributed by atoms with Crippen molar-refractivity contribution in [2.24, 2.45) is 0 Å². The lowest BCUT2D eigenvalue weighted by molar-refractivity contribution is 0.434. The van der Waals surface area contributed by atoms with Gasteiger partial charge in [0.1, 0.15) is 0 Å². The number of nitrogens with zero attached hydrogens (tertiary/aromatic N) is 1. The topological polar surface area (TPSA) is 37.4 Å². The van der Waals surface area contributed by atoms with Crippen LogP contribution in [0.3, 0.4) is 0 Å². The first-order valence-corrected chi connectivity index (χ1v) is 11.5. The van der Waals surface area contributed by atoms with Gasteiger partial charge < -0.3 is 0 Å². The number of benzene rings is 3. The maximum Gasteiger partial charge on any atom is 0.244 e. The van der Waals surface area contributed by atoms with Gasteiger partial charge in [0.2, 0.25) is 10.0 Å². The molecule has 1 aliphatic heterocycles. The summed E-state index contributed by atoms with van der Waals surface area (Å²) in [6.07, 6.45) is 0. The molecule has 0 aromatic heterocycles. The molecule has 0 N–H and O–H groups in total. The number of thioether (sulfide) groups is 1. The van der Waals surface area contributed by atoms with E-state index in [1.807, 2.05) is 60.7 Å². The van der Waals surface area contributed by atoms with Crippen molar-refractivity contribution in [1.29, 1.82) is 0 Å². The molecule has 0 aliphatic carbocycles. The summed E-state index contributed by atoms with van der Waals surface area (Å²) in [6, 6.07) is 24.4. The Morgan fingerprint density at radius 2 is 1.48 bits per heavy atom. The van der Waals surface area contributed by atoms with Crippen molar-refractivity contribution in [3.63, 3.8) is 0 Å². The van der Waals surface area contributed by atoms with E-state index < -0.39 is 10.0 Å². The Morgan fingerprint density at radius 1 is 0.852 bits per heavy atom. The highest BCUT2D eigenvalue weighted by molar-refractivity contribution is 8.01. The second-order valence-corrected chi connectivity index (χ2v) is 9.74. The van der Waals surface area contributed by atoms with Gasteiger partial charge >= 0.3 is 0 Å². The van der Waals surface area contributed by atoms with Crippen LogP contribution >= 0.6 is 23.4 Å². The van der Waals surface area contributed by atoms with Crippen LogP contribution in [-0.2, 0) is 10.0 Å². The summed E-state index contributed by atoms with van der Waals surface area (Å²) in [5.74, 6) is 0.747.